The summed E-state index contributed by atoms with van der Waals surface area (Å²) in [5.41, 5.74) is 4.94. The second kappa shape index (κ2) is 8.56. The molecule has 5 rings (SSSR count). The predicted octanol–water partition coefficient (Wildman–Crippen LogP) is 4.36. The summed E-state index contributed by atoms with van der Waals surface area (Å²) < 4.78 is 16.6. The molecular weight excluding hydrogens is 432 g/mol. The molecule has 0 aliphatic carbocycles. The number of rotatable bonds is 4. The second-order valence-corrected chi connectivity index (χ2v) is 8.91. The van der Waals surface area contributed by atoms with Gasteiger partial charge < -0.3 is 23.4 Å². The number of methoxy groups -OCH3 is 1. The molecule has 176 valence electrons. The highest BCUT2D eigenvalue weighted by molar-refractivity contribution is 6.00. The number of aryl methyl sites for hydroxylation is 3. The molecule has 1 fully saturated rings. The van der Waals surface area contributed by atoms with Crippen molar-refractivity contribution in [3.05, 3.63) is 69.3 Å². The van der Waals surface area contributed by atoms with Crippen LogP contribution in [0.5, 0.6) is 5.75 Å². The zero-order chi connectivity index (χ0) is 24.0. The first kappa shape index (κ1) is 22.1. The Hall–Kier alpha value is -3.74. The fourth-order valence-corrected chi connectivity index (χ4v) is 4.79. The maximum Gasteiger partial charge on any atom is 0.340 e. The van der Waals surface area contributed by atoms with Gasteiger partial charge in [0.2, 0.25) is 5.91 Å². The van der Waals surface area contributed by atoms with Crippen molar-refractivity contribution in [1.29, 1.82) is 0 Å². The lowest BCUT2D eigenvalue weighted by atomic mass is 9.99. The molecule has 0 N–H and O–H groups in total. The zero-order valence-corrected chi connectivity index (χ0v) is 19.9. The van der Waals surface area contributed by atoms with Crippen LogP contribution in [0.2, 0.25) is 0 Å². The Labute approximate surface area is 197 Å². The van der Waals surface area contributed by atoms with Crippen LogP contribution in [0.4, 0.5) is 5.69 Å². The van der Waals surface area contributed by atoms with Gasteiger partial charge in [0.1, 0.15) is 16.9 Å². The van der Waals surface area contributed by atoms with Gasteiger partial charge in [-0.1, -0.05) is 0 Å². The topological polar surface area (TPSA) is 76.1 Å². The number of amides is 1. The standard InChI is InChI=1S/C27H28N2O5/c1-16-15-33-25-18(3)26-22(13-21(16)25)17(2)23(27(31)34-26)14-24(30)29-11-9-28(10-12-29)19-5-7-20(32-4)8-6-19/h5-8,13,15H,9-12,14H2,1-4H3. The SMILES string of the molecule is COc1ccc(N2CCN(C(=O)Cc3c(C)c4cc5c(C)coc5c(C)c4oc3=O)CC2)cc1. The molecule has 2 aromatic heterocycles. The lowest BCUT2D eigenvalue weighted by Crippen LogP contribution is -2.49. The van der Waals surface area contributed by atoms with Gasteiger partial charge in [-0.2, -0.15) is 0 Å². The highest BCUT2D eigenvalue weighted by atomic mass is 16.5. The molecule has 1 saturated heterocycles. The number of anilines is 1. The Kier molecular flexibility index (Phi) is 5.55. The first-order chi connectivity index (χ1) is 16.4. The number of fused-ring (bicyclic) bond motifs is 2. The normalized spacial score (nSPS) is 14.2. The number of nitrogens with zero attached hydrogens (tertiary/aromatic N) is 2. The first-order valence-corrected chi connectivity index (χ1v) is 11.5. The summed E-state index contributed by atoms with van der Waals surface area (Å²) >= 11 is 0. The summed E-state index contributed by atoms with van der Waals surface area (Å²) in [6.45, 7) is 8.46. The third-order valence-corrected chi connectivity index (χ3v) is 6.93. The Balaban J connectivity index is 1.36. The largest absolute Gasteiger partial charge is 0.497 e. The molecule has 0 unspecified atom stereocenters. The molecule has 1 amide bonds. The van der Waals surface area contributed by atoms with Crippen LogP contribution in [0.1, 0.15) is 22.3 Å². The molecule has 0 saturated carbocycles. The van der Waals surface area contributed by atoms with Gasteiger partial charge in [0.05, 0.1) is 25.4 Å². The van der Waals surface area contributed by atoms with Crippen LogP contribution in [-0.4, -0.2) is 44.1 Å². The molecule has 2 aromatic carbocycles. The number of hydrogen-bond acceptors (Lipinski definition) is 6. The van der Waals surface area contributed by atoms with Gasteiger partial charge in [0, 0.05) is 48.2 Å². The number of furan rings is 1. The fraction of sp³-hybridized carbons (Fsp3) is 0.333. The summed E-state index contributed by atoms with van der Waals surface area (Å²) in [4.78, 5) is 30.1. The smallest absolute Gasteiger partial charge is 0.340 e. The number of carbonyl (C=O) groups is 1. The minimum Gasteiger partial charge on any atom is -0.497 e. The van der Waals surface area contributed by atoms with Crippen molar-refractivity contribution in [1.82, 2.24) is 4.90 Å². The average molecular weight is 461 g/mol. The number of carbonyl (C=O) groups excluding carboxylic acids is 1. The molecule has 0 bridgehead atoms. The molecule has 7 heteroatoms. The van der Waals surface area contributed by atoms with Gasteiger partial charge in [0.25, 0.3) is 0 Å². The van der Waals surface area contributed by atoms with E-state index in [0.29, 0.717) is 24.2 Å². The van der Waals surface area contributed by atoms with Crippen molar-refractivity contribution >= 4 is 33.5 Å². The van der Waals surface area contributed by atoms with Crippen molar-refractivity contribution in [3.8, 4) is 5.75 Å². The van der Waals surface area contributed by atoms with E-state index in [2.05, 4.69) is 4.90 Å². The maximum absolute atomic E-state index is 13.1. The molecule has 0 spiro atoms. The summed E-state index contributed by atoms with van der Waals surface area (Å²) in [5, 5.41) is 1.84. The van der Waals surface area contributed by atoms with Gasteiger partial charge >= 0.3 is 5.63 Å². The van der Waals surface area contributed by atoms with Gasteiger partial charge in [-0.05, 0) is 62.2 Å². The van der Waals surface area contributed by atoms with Crippen LogP contribution >= 0.6 is 0 Å². The minimum absolute atomic E-state index is 0.0358. The van der Waals surface area contributed by atoms with Crippen molar-refractivity contribution in [3.63, 3.8) is 0 Å². The number of hydrogen-bond donors (Lipinski definition) is 0. The number of ether oxygens (including phenoxy) is 1. The van der Waals surface area contributed by atoms with Gasteiger partial charge in [-0.25, -0.2) is 4.79 Å². The van der Waals surface area contributed by atoms with E-state index in [1.807, 2.05) is 56.0 Å². The van der Waals surface area contributed by atoms with Crippen molar-refractivity contribution in [2.75, 3.05) is 38.2 Å². The quantitative estimate of drug-likeness (QED) is 0.421. The van der Waals surface area contributed by atoms with Gasteiger partial charge in [-0.15, -0.1) is 0 Å². The first-order valence-electron chi connectivity index (χ1n) is 11.5. The fourth-order valence-electron chi connectivity index (χ4n) is 4.79. The van der Waals surface area contributed by atoms with E-state index < -0.39 is 5.63 Å². The van der Waals surface area contributed by atoms with Crippen molar-refractivity contribution < 1.29 is 18.4 Å². The summed E-state index contributed by atoms with van der Waals surface area (Å²) in [5.74, 6) is 0.766. The Morgan fingerprint density at radius 2 is 1.68 bits per heavy atom. The van der Waals surface area contributed by atoms with Crippen molar-refractivity contribution in [2.24, 2.45) is 0 Å². The number of piperazine rings is 1. The lowest BCUT2D eigenvalue weighted by molar-refractivity contribution is -0.130. The van der Waals surface area contributed by atoms with Crippen molar-refractivity contribution in [2.45, 2.75) is 27.2 Å². The third-order valence-electron chi connectivity index (χ3n) is 6.93. The summed E-state index contributed by atoms with van der Waals surface area (Å²) in [6.07, 6.45) is 1.74. The van der Waals surface area contributed by atoms with E-state index in [4.69, 9.17) is 13.6 Å². The van der Waals surface area contributed by atoms with Crippen LogP contribution in [-0.2, 0) is 11.2 Å². The van der Waals surface area contributed by atoms with E-state index in [1.165, 1.54) is 0 Å². The van der Waals surface area contributed by atoms with Gasteiger partial charge in [-0.3, -0.25) is 4.79 Å². The van der Waals surface area contributed by atoms with Gasteiger partial charge in [0.15, 0.2) is 0 Å². The molecule has 0 atom stereocenters. The Bertz CT molecular complexity index is 1440. The molecule has 4 aromatic rings. The Morgan fingerprint density at radius 3 is 2.35 bits per heavy atom. The number of benzene rings is 2. The maximum atomic E-state index is 13.1. The molecule has 7 nitrogen and oxygen atoms in total. The summed E-state index contributed by atoms with van der Waals surface area (Å²) in [6, 6.07) is 9.93. The molecule has 0 radical (unpaired) electrons. The lowest BCUT2D eigenvalue weighted by Gasteiger charge is -2.36. The summed E-state index contributed by atoms with van der Waals surface area (Å²) in [7, 11) is 1.65. The van der Waals surface area contributed by atoms with E-state index in [0.717, 1.165) is 57.6 Å². The van der Waals surface area contributed by atoms with E-state index in [-0.39, 0.29) is 12.3 Å². The molecule has 1 aliphatic rings. The average Bonchev–Trinajstić information content (AvgIpc) is 3.23. The predicted molar refractivity (Wildman–Crippen MR) is 132 cm³/mol. The van der Waals surface area contributed by atoms with E-state index in [1.54, 1.807) is 13.4 Å². The van der Waals surface area contributed by atoms with Crippen LogP contribution < -0.4 is 15.3 Å². The highest BCUT2D eigenvalue weighted by Crippen LogP contribution is 2.32. The second-order valence-electron chi connectivity index (χ2n) is 8.91. The van der Waals surface area contributed by atoms with Crippen LogP contribution in [0.15, 0.2) is 50.2 Å². The Morgan fingerprint density at radius 1 is 0.971 bits per heavy atom. The van der Waals surface area contributed by atoms with E-state index in [9.17, 15) is 9.59 Å². The molecule has 34 heavy (non-hydrogen) atoms. The molecular formula is C27H28N2O5. The zero-order valence-electron chi connectivity index (χ0n) is 19.9. The van der Waals surface area contributed by atoms with Crippen LogP contribution in [0, 0.1) is 20.8 Å². The molecule has 1 aliphatic heterocycles. The van der Waals surface area contributed by atoms with Crippen LogP contribution in [0.25, 0.3) is 21.9 Å². The highest BCUT2D eigenvalue weighted by Gasteiger charge is 2.24. The monoisotopic (exact) mass is 460 g/mol. The molecule has 3 heterocycles. The van der Waals surface area contributed by atoms with Crippen LogP contribution in [0.3, 0.4) is 0 Å². The third kappa shape index (κ3) is 3.71. The minimum atomic E-state index is -0.457. The van der Waals surface area contributed by atoms with E-state index >= 15 is 0 Å².